The molecule has 0 aliphatic carbocycles. The Balaban J connectivity index is 2.98. The predicted octanol–water partition coefficient (Wildman–Crippen LogP) is -0.450. The highest BCUT2D eigenvalue weighted by Crippen LogP contribution is 2.15. The van der Waals surface area contributed by atoms with Crippen LogP contribution in [0, 0.1) is 12.8 Å². The lowest BCUT2D eigenvalue weighted by Gasteiger charge is -2.19. The summed E-state index contributed by atoms with van der Waals surface area (Å²) < 4.78 is 1.39. The number of nitrogens with two attached hydrogens (primary N) is 2. The predicted molar refractivity (Wildman–Crippen MR) is 67.6 cm³/mol. The summed E-state index contributed by atoms with van der Waals surface area (Å²) in [4.78, 5) is 23.3. The monoisotopic (exact) mass is 253 g/mol. The van der Waals surface area contributed by atoms with Gasteiger partial charge in [-0.3, -0.25) is 14.3 Å². The molecule has 1 atom stereocenters. The second-order valence-corrected chi connectivity index (χ2v) is 4.57. The maximum Gasteiger partial charge on any atom is 0.272 e. The Morgan fingerprint density at radius 3 is 2.28 bits per heavy atom. The van der Waals surface area contributed by atoms with E-state index in [1.807, 2.05) is 0 Å². The van der Waals surface area contributed by atoms with Gasteiger partial charge in [0.2, 0.25) is 5.91 Å². The van der Waals surface area contributed by atoms with Crippen LogP contribution in [-0.4, -0.2) is 27.6 Å². The van der Waals surface area contributed by atoms with Gasteiger partial charge in [0.1, 0.15) is 11.7 Å². The normalized spacial score (nSPS) is 12.5. The fourth-order valence-electron chi connectivity index (χ4n) is 1.72. The standard InChI is InChI=1S/C11H19N5O2/c1-5(2)8(10(13)17)14-11(18)9-7(12)6(3)15-16(9)4/h5,8H,12H2,1-4H3,(H2,13,17)(H,14,18). The quantitative estimate of drug-likeness (QED) is 0.673. The molecule has 0 aromatic carbocycles. The molecule has 0 bridgehead atoms. The van der Waals surface area contributed by atoms with Crippen molar-refractivity contribution in [3.63, 3.8) is 0 Å². The van der Waals surface area contributed by atoms with E-state index >= 15 is 0 Å². The number of anilines is 1. The first-order valence-electron chi connectivity index (χ1n) is 5.65. The Kier molecular flexibility index (Phi) is 3.95. The lowest BCUT2D eigenvalue weighted by atomic mass is 10.0. The van der Waals surface area contributed by atoms with E-state index in [0.717, 1.165) is 0 Å². The molecular formula is C11H19N5O2. The Morgan fingerprint density at radius 1 is 1.39 bits per heavy atom. The highest BCUT2D eigenvalue weighted by atomic mass is 16.2. The van der Waals surface area contributed by atoms with Crippen molar-refractivity contribution >= 4 is 17.5 Å². The van der Waals surface area contributed by atoms with Crippen molar-refractivity contribution in [1.29, 1.82) is 0 Å². The molecule has 0 aliphatic heterocycles. The average Bonchev–Trinajstić information content (AvgIpc) is 2.48. The van der Waals surface area contributed by atoms with Crippen molar-refractivity contribution in [2.75, 3.05) is 5.73 Å². The van der Waals surface area contributed by atoms with Gasteiger partial charge in [-0.15, -0.1) is 0 Å². The maximum atomic E-state index is 12.1. The first-order chi connectivity index (χ1) is 8.25. The lowest BCUT2D eigenvalue weighted by Crippen LogP contribution is -2.48. The number of carbonyl (C=O) groups is 2. The minimum absolute atomic E-state index is 0.0954. The van der Waals surface area contributed by atoms with E-state index in [1.54, 1.807) is 27.8 Å². The van der Waals surface area contributed by atoms with Gasteiger partial charge >= 0.3 is 0 Å². The Morgan fingerprint density at radius 2 is 1.94 bits per heavy atom. The lowest BCUT2D eigenvalue weighted by molar-refractivity contribution is -0.120. The molecule has 0 saturated heterocycles. The van der Waals surface area contributed by atoms with Crippen LogP contribution in [0.5, 0.6) is 0 Å². The van der Waals surface area contributed by atoms with Crippen molar-refractivity contribution in [2.24, 2.45) is 18.7 Å². The van der Waals surface area contributed by atoms with Crippen LogP contribution < -0.4 is 16.8 Å². The van der Waals surface area contributed by atoms with Crippen molar-refractivity contribution < 1.29 is 9.59 Å². The zero-order chi connectivity index (χ0) is 14.0. The number of rotatable bonds is 4. The number of aromatic nitrogens is 2. The summed E-state index contributed by atoms with van der Waals surface area (Å²) in [6, 6.07) is -0.730. The van der Waals surface area contributed by atoms with E-state index in [2.05, 4.69) is 10.4 Å². The van der Waals surface area contributed by atoms with Crippen molar-refractivity contribution in [3.8, 4) is 0 Å². The Labute approximate surface area is 106 Å². The number of nitrogen functional groups attached to an aromatic ring is 1. The van der Waals surface area contributed by atoms with Crippen LogP contribution in [0.25, 0.3) is 0 Å². The van der Waals surface area contributed by atoms with E-state index in [9.17, 15) is 9.59 Å². The molecule has 5 N–H and O–H groups in total. The van der Waals surface area contributed by atoms with Crippen molar-refractivity contribution in [3.05, 3.63) is 11.4 Å². The van der Waals surface area contributed by atoms with Gasteiger partial charge in [0.15, 0.2) is 0 Å². The smallest absolute Gasteiger partial charge is 0.272 e. The number of primary amides is 1. The van der Waals surface area contributed by atoms with Crippen molar-refractivity contribution in [2.45, 2.75) is 26.8 Å². The summed E-state index contributed by atoms with van der Waals surface area (Å²) in [5.41, 5.74) is 12.1. The van der Waals surface area contributed by atoms with E-state index < -0.39 is 17.9 Å². The van der Waals surface area contributed by atoms with Gasteiger partial charge in [-0.25, -0.2) is 0 Å². The van der Waals surface area contributed by atoms with Crippen LogP contribution >= 0.6 is 0 Å². The number of aryl methyl sites for hydroxylation is 2. The van der Waals surface area contributed by atoms with Crippen LogP contribution in [0.3, 0.4) is 0 Å². The van der Waals surface area contributed by atoms with E-state index in [1.165, 1.54) is 4.68 Å². The minimum atomic E-state index is -0.730. The molecule has 2 amide bonds. The largest absolute Gasteiger partial charge is 0.395 e. The molecule has 7 nitrogen and oxygen atoms in total. The van der Waals surface area contributed by atoms with Gasteiger partial charge in [0.05, 0.1) is 11.4 Å². The topological polar surface area (TPSA) is 116 Å². The highest BCUT2D eigenvalue weighted by molar-refractivity contribution is 6.00. The molecule has 1 heterocycles. The molecule has 0 radical (unpaired) electrons. The molecule has 18 heavy (non-hydrogen) atoms. The first kappa shape index (κ1) is 14.0. The molecule has 1 rings (SSSR count). The second kappa shape index (κ2) is 5.07. The summed E-state index contributed by atoms with van der Waals surface area (Å²) in [5, 5.41) is 6.62. The molecule has 7 heteroatoms. The van der Waals surface area contributed by atoms with Gasteiger partial charge in [-0.2, -0.15) is 5.10 Å². The molecule has 0 saturated carbocycles. The first-order valence-corrected chi connectivity index (χ1v) is 5.65. The zero-order valence-electron chi connectivity index (χ0n) is 11.0. The minimum Gasteiger partial charge on any atom is -0.395 e. The summed E-state index contributed by atoms with van der Waals surface area (Å²) in [6.07, 6.45) is 0. The number of nitrogens with one attached hydrogen (secondary N) is 1. The average molecular weight is 253 g/mol. The fourth-order valence-corrected chi connectivity index (χ4v) is 1.72. The number of amides is 2. The van der Waals surface area contributed by atoms with Gasteiger partial charge in [-0.05, 0) is 12.8 Å². The third-order valence-electron chi connectivity index (χ3n) is 2.74. The van der Waals surface area contributed by atoms with Crippen LogP contribution in [0.4, 0.5) is 5.69 Å². The summed E-state index contributed by atoms with van der Waals surface area (Å²) >= 11 is 0. The van der Waals surface area contributed by atoms with Crippen LogP contribution in [-0.2, 0) is 11.8 Å². The molecule has 1 aromatic heterocycles. The molecule has 100 valence electrons. The molecular weight excluding hydrogens is 234 g/mol. The number of hydrogen-bond acceptors (Lipinski definition) is 4. The third kappa shape index (κ3) is 2.61. The molecule has 0 aliphatic rings. The third-order valence-corrected chi connectivity index (χ3v) is 2.74. The van der Waals surface area contributed by atoms with Crippen molar-refractivity contribution in [1.82, 2.24) is 15.1 Å². The molecule has 1 aromatic rings. The SMILES string of the molecule is Cc1nn(C)c(C(=O)NC(C(N)=O)C(C)C)c1N. The van der Waals surface area contributed by atoms with E-state index in [-0.39, 0.29) is 11.6 Å². The maximum absolute atomic E-state index is 12.1. The van der Waals surface area contributed by atoms with Crippen LogP contribution in [0.1, 0.15) is 30.0 Å². The van der Waals surface area contributed by atoms with E-state index in [0.29, 0.717) is 11.4 Å². The van der Waals surface area contributed by atoms with Crippen LogP contribution in [0.15, 0.2) is 0 Å². The summed E-state index contributed by atoms with van der Waals surface area (Å²) in [7, 11) is 1.62. The van der Waals surface area contributed by atoms with Gasteiger partial charge < -0.3 is 16.8 Å². The number of nitrogens with zero attached hydrogens (tertiary/aromatic N) is 2. The fraction of sp³-hybridized carbons (Fsp3) is 0.545. The highest BCUT2D eigenvalue weighted by Gasteiger charge is 2.25. The van der Waals surface area contributed by atoms with Gasteiger partial charge in [0.25, 0.3) is 5.91 Å². The van der Waals surface area contributed by atoms with Gasteiger partial charge in [-0.1, -0.05) is 13.8 Å². The van der Waals surface area contributed by atoms with Gasteiger partial charge in [0, 0.05) is 7.05 Å². The Hall–Kier alpha value is -2.05. The molecule has 1 unspecified atom stereocenters. The summed E-state index contributed by atoms with van der Waals surface area (Å²) in [5.74, 6) is -1.12. The Bertz CT molecular complexity index is 478. The van der Waals surface area contributed by atoms with E-state index in [4.69, 9.17) is 11.5 Å². The number of hydrogen-bond donors (Lipinski definition) is 3. The summed E-state index contributed by atoms with van der Waals surface area (Å²) in [6.45, 7) is 5.31. The van der Waals surface area contributed by atoms with Crippen LogP contribution in [0.2, 0.25) is 0 Å². The number of carbonyl (C=O) groups excluding carboxylic acids is 2. The zero-order valence-corrected chi connectivity index (χ0v) is 11.0. The second-order valence-electron chi connectivity index (χ2n) is 4.57. The molecule has 0 spiro atoms. The molecule has 0 fully saturated rings.